The molecule has 0 unspecified atom stereocenters. The highest BCUT2D eigenvalue weighted by atomic mass is 32.1. The summed E-state index contributed by atoms with van der Waals surface area (Å²) < 4.78 is 5.12. The second kappa shape index (κ2) is 8.47. The lowest BCUT2D eigenvalue weighted by atomic mass is 9.90. The molecule has 5 rings (SSSR count). The minimum absolute atomic E-state index is 0.0150. The molecule has 3 aliphatic rings. The van der Waals surface area contributed by atoms with Crippen LogP contribution in [-0.2, 0) is 17.6 Å². The van der Waals surface area contributed by atoms with Crippen LogP contribution in [0.4, 0.5) is 10.7 Å². The van der Waals surface area contributed by atoms with Crippen molar-refractivity contribution >= 4 is 51.2 Å². The number of fused-ring (bicyclic) bond motifs is 1. The van der Waals surface area contributed by atoms with Crippen molar-refractivity contribution < 1.29 is 14.1 Å². The fraction of sp³-hybridized carbons (Fsp3) is 0.545. The van der Waals surface area contributed by atoms with Crippen molar-refractivity contribution in [2.45, 2.75) is 57.9 Å². The number of aromatic nitrogens is 1. The first kappa shape index (κ1) is 21.4. The predicted octanol–water partition coefficient (Wildman–Crippen LogP) is 3.14. The normalized spacial score (nSPS) is 19.8. The Morgan fingerprint density at radius 1 is 1.31 bits per heavy atom. The van der Waals surface area contributed by atoms with Crippen LogP contribution in [0.3, 0.4) is 0 Å². The summed E-state index contributed by atoms with van der Waals surface area (Å²) in [5.74, 6) is 0.559. The van der Waals surface area contributed by atoms with Crippen molar-refractivity contribution in [2.24, 2.45) is 17.6 Å². The number of nitrogens with two attached hydrogens (primary N) is 1. The molecule has 0 aromatic carbocycles. The van der Waals surface area contributed by atoms with Gasteiger partial charge in [0, 0.05) is 23.4 Å². The van der Waals surface area contributed by atoms with Crippen LogP contribution in [0.25, 0.3) is 0 Å². The van der Waals surface area contributed by atoms with Crippen LogP contribution in [0.2, 0.25) is 0 Å². The summed E-state index contributed by atoms with van der Waals surface area (Å²) in [4.78, 5) is 28.8. The number of hydrogen-bond acceptors (Lipinski definition) is 6. The molecule has 2 fully saturated rings. The van der Waals surface area contributed by atoms with E-state index in [2.05, 4.69) is 15.8 Å². The first-order chi connectivity index (χ1) is 15.4. The molecule has 32 heavy (non-hydrogen) atoms. The molecule has 170 valence electrons. The fourth-order valence-corrected chi connectivity index (χ4v) is 5.83. The third-order valence-electron chi connectivity index (χ3n) is 6.48. The molecule has 2 saturated carbocycles. The van der Waals surface area contributed by atoms with Crippen LogP contribution in [0.15, 0.2) is 10.8 Å². The van der Waals surface area contributed by atoms with Crippen molar-refractivity contribution in [1.29, 1.82) is 0 Å². The van der Waals surface area contributed by atoms with Gasteiger partial charge in [0.25, 0.3) is 5.91 Å². The topological polar surface area (TPSA) is 113 Å². The summed E-state index contributed by atoms with van der Waals surface area (Å²) in [5.41, 5.74) is 9.16. The maximum atomic E-state index is 13.2. The lowest BCUT2D eigenvalue weighted by Crippen LogP contribution is -2.46. The van der Waals surface area contributed by atoms with Gasteiger partial charge in [0.15, 0.2) is 5.11 Å². The first-order valence-electron chi connectivity index (χ1n) is 11.2. The maximum absolute atomic E-state index is 13.2. The zero-order valence-electron chi connectivity index (χ0n) is 18.0. The van der Waals surface area contributed by atoms with E-state index in [0.717, 1.165) is 54.7 Å². The number of amides is 2. The third-order valence-corrected chi connectivity index (χ3v) is 7.89. The van der Waals surface area contributed by atoms with Gasteiger partial charge in [-0.25, -0.2) is 0 Å². The highest BCUT2D eigenvalue weighted by Gasteiger charge is 2.36. The van der Waals surface area contributed by atoms with Crippen molar-refractivity contribution in [3.63, 3.8) is 0 Å². The zero-order valence-corrected chi connectivity index (χ0v) is 19.6. The average Bonchev–Trinajstić information content (AvgIpc) is 3.68. The molecule has 0 bridgehead atoms. The van der Waals surface area contributed by atoms with Gasteiger partial charge in [-0.1, -0.05) is 5.16 Å². The minimum atomic E-state index is -0.107. The van der Waals surface area contributed by atoms with Gasteiger partial charge in [-0.2, -0.15) is 0 Å². The Morgan fingerprint density at radius 3 is 2.72 bits per heavy atom. The van der Waals surface area contributed by atoms with Gasteiger partial charge in [-0.15, -0.1) is 11.3 Å². The molecule has 0 saturated heterocycles. The summed E-state index contributed by atoms with van der Waals surface area (Å²) in [5, 5.41) is 11.0. The van der Waals surface area contributed by atoms with E-state index in [1.54, 1.807) is 6.26 Å². The maximum Gasteiger partial charge on any atom is 0.254 e. The van der Waals surface area contributed by atoms with Crippen LogP contribution in [0.5, 0.6) is 0 Å². The van der Waals surface area contributed by atoms with Crippen LogP contribution >= 0.6 is 23.6 Å². The Labute approximate surface area is 195 Å². The number of nitrogens with one attached hydrogen (secondary N) is 2. The number of carbonyl (C=O) groups excluding carboxylic acids is 2. The van der Waals surface area contributed by atoms with Crippen molar-refractivity contribution in [3.05, 3.63) is 28.0 Å². The number of hydrogen-bond donors (Lipinski definition) is 3. The standard InChI is InChI=1S/C22H27N5O3S2/c1-11-16(10-30-26-11)27(22(23)31)14-6-7-17-15(8-14)18(20(29)24-9-12-2-3-12)21(32-17)25-19(28)13-4-5-13/h10,12-14H,2-9H2,1H3,(H2,23,31)(H,24,29)(H,25,28)/t14-/m0/s1. The highest BCUT2D eigenvalue weighted by Crippen LogP contribution is 2.41. The van der Waals surface area contributed by atoms with Crippen LogP contribution in [-0.4, -0.2) is 34.7 Å². The van der Waals surface area contributed by atoms with Crippen molar-refractivity contribution in [2.75, 3.05) is 16.8 Å². The Morgan fingerprint density at radius 2 is 2.09 bits per heavy atom. The first-order valence-corrected chi connectivity index (χ1v) is 12.4. The van der Waals surface area contributed by atoms with Gasteiger partial charge < -0.3 is 25.8 Å². The third kappa shape index (κ3) is 4.25. The van der Waals surface area contributed by atoms with Gasteiger partial charge in [-0.3, -0.25) is 9.59 Å². The number of nitrogens with zero attached hydrogens (tertiary/aromatic N) is 2. The van der Waals surface area contributed by atoms with Crippen LogP contribution in [0, 0.1) is 18.8 Å². The molecule has 2 aromatic rings. The largest absolute Gasteiger partial charge is 0.376 e. The molecule has 2 amide bonds. The monoisotopic (exact) mass is 473 g/mol. The van der Waals surface area contributed by atoms with E-state index < -0.39 is 0 Å². The second-order valence-electron chi connectivity index (χ2n) is 9.01. The molecule has 3 aliphatic carbocycles. The highest BCUT2D eigenvalue weighted by molar-refractivity contribution is 7.80. The molecule has 4 N–H and O–H groups in total. The molecule has 0 aliphatic heterocycles. The summed E-state index contributed by atoms with van der Waals surface area (Å²) in [7, 11) is 0. The molecular weight excluding hydrogens is 446 g/mol. The van der Waals surface area contributed by atoms with Gasteiger partial charge in [-0.05, 0) is 75.6 Å². The van der Waals surface area contributed by atoms with E-state index in [4.69, 9.17) is 22.5 Å². The predicted molar refractivity (Wildman–Crippen MR) is 127 cm³/mol. The Kier molecular flexibility index (Phi) is 5.66. The number of aryl methyl sites for hydroxylation is 2. The zero-order chi connectivity index (χ0) is 22.4. The SMILES string of the molecule is Cc1nocc1N(C(N)=S)[C@H]1CCc2sc(NC(=O)C3CC3)c(C(=O)NCC3CC3)c2C1. The smallest absolute Gasteiger partial charge is 0.254 e. The Balaban J connectivity index is 1.45. The molecule has 0 radical (unpaired) electrons. The van der Waals surface area contributed by atoms with Gasteiger partial charge in [0.2, 0.25) is 5.91 Å². The van der Waals surface area contributed by atoms with Crippen molar-refractivity contribution in [3.8, 4) is 0 Å². The number of thiocarbonyl (C=S) groups is 1. The van der Waals surface area contributed by atoms with Gasteiger partial charge in [0.05, 0.1) is 5.56 Å². The average molecular weight is 474 g/mol. The molecule has 1 atom stereocenters. The Hall–Kier alpha value is -2.46. The second-order valence-corrected chi connectivity index (χ2v) is 10.5. The molecular formula is C22H27N5O3S2. The number of carbonyl (C=O) groups is 2. The molecule has 2 heterocycles. The number of rotatable bonds is 7. The summed E-state index contributed by atoms with van der Waals surface area (Å²) in [6, 6.07) is -0.0188. The summed E-state index contributed by atoms with van der Waals surface area (Å²) in [6.07, 6.45) is 7.95. The number of thiophene rings is 1. The van der Waals surface area contributed by atoms with Gasteiger partial charge in [0.1, 0.15) is 22.6 Å². The van der Waals surface area contributed by atoms with Crippen LogP contribution < -0.4 is 21.3 Å². The minimum Gasteiger partial charge on any atom is -0.376 e. The van der Waals surface area contributed by atoms with E-state index in [-0.39, 0.29) is 28.9 Å². The summed E-state index contributed by atoms with van der Waals surface area (Å²) >= 11 is 6.89. The molecule has 0 spiro atoms. The van der Waals surface area contributed by atoms with E-state index in [9.17, 15) is 9.59 Å². The van der Waals surface area contributed by atoms with E-state index in [1.165, 1.54) is 11.3 Å². The lowest BCUT2D eigenvalue weighted by molar-refractivity contribution is -0.117. The number of anilines is 2. The quantitative estimate of drug-likeness (QED) is 0.530. The van der Waals surface area contributed by atoms with Gasteiger partial charge >= 0.3 is 0 Å². The fourth-order valence-electron chi connectivity index (χ4n) is 4.33. The van der Waals surface area contributed by atoms with E-state index >= 15 is 0 Å². The molecule has 10 heteroatoms. The van der Waals surface area contributed by atoms with Crippen LogP contribution in [0.1, 0.15) is 58.6 Å². The molecule has 8 nitrogen and oxygen atoms in total. The summed E-state index contributed by atoms with van der Waals surface area (Å²) in [6.45, 7) is 2.53. The van der Waals surface area contributed by atoms with E-state index in [0.29, 0.717) is 35.1 Å². The van der Waals surface area contributed by atoms with E-state index in [1.807, 2.05) is 11.8 Å². The Bertz CT molecular complexity index is 1070. The lowest BCUT2D eigenvalue weighted by Gasteiger charge is -2.34. The molecule has 2 aromatic heterocycles. The van der Waals surface area contributed by atoms with Crippen molar-refractivity contribution in [1.82, 2.24) is 10.5 Å².